The zero-order valence-electron chi connectivity index (χ0n) is 16.4. The molecule has 2 atom stereocenters. The van der Waals surface area contributed by atoms with Crippen molar-refractivity contribution in [3.05, 3.63) is 24.3 Å². The third-order valence-corrected chi connectivity index (χ3v) is 6.41. The Morgan fingerprint density at radius 1 is 1.19 bits per heavy atom. The second-order valence-electron chi connectivity index (χ2n) is 8.26. The van der Waals surface area contributed by atoms with Gasteiger partial charge in [-0.15, -0.1) is 11.8 Å². The zero-order valence-corrected chi connectivity index (χ0v) is 17.2. The van der Waals surface area contributed by atoms with Crippen LogP contribution in [0.25, 0.3) is 0 Å². The molecule has 1 N–H and O–H groups in total. The Morgan fingerprint density at radius 3 is 2.54 bits per heavy atom. The first-order valence-electron chi connectivity index (χ1n) is 9.96. The van der Waals surface area contributed by atoms with Crippen LogP contribution in [0.4, 0.5) is 10.5 Å². The smallest absolute Gasteiger partial charge is 0.321 e. The van der Waals surface area contributed by atoms with Crippen molar-refractivity contribution in [2.75, 3.05) is 44.3 Å². The van der Waals surface area contributed by atoms with Crippen LogP contribution in [0.15, 0.2) is 29.2 Å². The fraction of sp³-hybridized carbons (Fsp3) is 0.667. The Bertz CT molecular complexity index is 591. The van der Waals surface area contributed by atoms with Crippen molar-refractivity contribution in [1.82, 2.24) is 9.80 Å². The molecule has 2 amide bonds. The van der Waals surface area contributed by atoms with Gasteiger partial charge < -0.3 is 15.1 Å². The summed E-state index contributed by atoms with van der Waals surface area (Å²) in [7, 11) is 0. The molecule has 4 nitrogen and oxygen atoms in total. The van der Waals surface area contributed by atoms with Gasteiger partial charge in [0.15, 0.2) is 0 Å². The fourth-order valence-corrected chi connectivity index (χ4v) is 4.99. The molecule has 1 aromatic carbocycles. The maximum absolute atomic E-state index is 12.5. The van der Waals surface area contributed by atoms with Crippen molar-refractivity contribution in [2.45, 2.75) is 38.0 Å². The Balaban J connectivity index is 1.45. The van der Waals surface area contributed by atoms with Crippen LogP contribution in [-0.2, 0) is 0 Å². The molecule has 2 aliphatic heterocycles. The summed E-state index contributed by atoms with van der Waals surface area (Å²) in [5.41, 5.74) is 0.889. The Labute approximate surface area is 162 Å². The van der Waals surface area contributed by atoms with Crippen LogP contribution in [0.2, 0.25) is 0 Å². The number of carbonyl (C=O) groups is 1. The molecule has 5 heteroatoms. The number of piperidine rings is 2. The second kappa shape index (κ2) is 9.14. The third kappa shape index (κ3) is 5.40. The molecule has 2 fully saturated rings. The van der Waals surface area contributed by atoms with Crippen molar-refractivity contribution in [3.63, 3.8) is 0 Å². The van der Waals surface area contributed by atoms with Gasteiger partial charge >= 0.3 is 6.03 Å². The number of benzene rings is 1. The van der Waals surface area contributed by atoms with Gasteiger partial charge in [-0.3, -0.25) is 0 Å². The van der Waals surface area contributed by atoms with Crippen LogP contribution in [-0.4, -0.2) is 54.8 Å². The zero-order chi connectivity index (χ0) is 18.5. The van der Waals surface area contributed by atoms with E-state index in [0.29, 0.717) is 0 Å². The van der Waals surface area contributed by atoms with E-state index in [4.69, 9.17) is 0 Å². The molecular weight excluding hydrogens is 342 g/mol. The standard InChI is InChI=1S/C21H33N3OS/c1-16-11-17(2)14-23(13-16)15-18-7-9-24(10-8-18)21(25)22-19-5-4-6-20(12-19)26-3/h4-6,12,16-18H,7-11,13-15H2,1-3H3,(H,22,25)/t16-,17-/m1/s1. The average Bonchev–Trinajstić information content (AvgIpc) is 2.61. The summed E-state index contributed by atoms with van der Waals surface area (Å²) in [6, 6.07) is 8.10. The summed E-state index contributed by atoms with van der Waals surface area (Å²) >= 11 is 1.69. The summed E-state index contributed by atoms with van der Waals surface area (Å²) in [6.07, 6.45) is 5.66. The van der Waals surface area contributed by atoms with E-state index in [1.807, 2.05) is 23.1 Å². The van der Waals surface area contributed by atoms with Gasteiger partial charge in [0, 0.05) is 43.3 Å². The first-order valence-corrected chi connectivity index (χ1v) is 11.2. The minimum Gasteiger partial charge on any atom is -0.325 e. The lowest BCUT2D eigenvalue weighted by Gasteiger charge is -2.39. The van der Waals surface area contributed by atoms with Crippen LogP contribution >= 0.6 is 11.8 Å². The number of nitrogens with one attached hydrogen (secondary N) is 1. The molecule has 0 aliphatic carbocycles. The number of likely N-dealkylation sites (tertiary alicyclic amines) is 2. The van der Waals surface area contributed by atoms with Gasteiger partial charge in [-0.1, -0.05) is 19.9 Å². The summed E-state index contributed by atoms with van der Waals surface area (Å²) in [5, 5.41) is 3.06. The highest BCUT2D eigenvalue weighted by Gasteiger charge is 2.27. The summed E-state index contributed by atoms with van der Waals surface area (Å²) in [4.78, 5) is 18.4. The first kappa shape index (κ1) is 19.6. The van der Waals surface area contributed by atoms with Crippen molar-refractivity contribution in [3.8, 4) is 0 Å². The molecule has 1 aromatic rings. The van der Waals surface area contributed by atoms with E-state index < -0.39 is 0 Å². The number of thioether (sulfide) groups is 1. The van der Waals surface area contributed by atoms with Crippen molar-refractivity contribution < 1.29 is 4.79 Å². The number of hydrogen-bond donors (Lipinski definition) is 1. The van der Waals surface area contributed by atoms with Gasteiger partial charge in [-0.2, -0.15) is 0 Å². The number of carbonyl (C=O) groups excluding carboxylic acids is 1. The molecule has 3 rings (SSSR count). The number of amides is 2. The predicted molar refractivity (Wildman–Crippen MR) is 111 cm³/mol. The largest absolute Gasteiger partial charge is 0.325 e. The van der Waals surface area contributed by atoms with Gasteiger partial charge in [0.25, 0.3) is 0 Å². The number of anilines is 1. The summed E-state index contributed by atoms with van der Waals surface area (Å²) in [6.45, 7) is 10.2. The fourth-order valence-electron chi connectivity index (χ4n) is 4.53. The SMILES string of the molecule is CSc1cccc(NC(=O)N2CCC(CN3C[C@H](C)C[C@@H](C)C3)CC2)c1. The van der Waals surface area contributed by atoms with Crippen LogP contribution < -0.4 is 5.32 Å². The topological polar surface area (TPSA) is 35.6 Å². The average molecular weight is 376 g/mol. The molecule has 2 saturated heterocycles. The predicted octanol–water partition coefficient (Wildman–Crippen LogP) is 4.63. The molecule has 0 aromatic heterocycles. The van der Waals surface area contributed by atoms with Gasteiger partial charge in [0.05, 0.1) is 0 Å². The number of hydrogen-bond acceptors (Lipinski definition) is 3. The van der Waals surface area contributed by atoms with Crippen molar-refractivity contribution in [1.29, 1.82) is 0 Å². The van der Waals surface area contributed by atoms with E-state index in [1.54, 1.807) is 11.8 Å². The van der Waals surface area contributed by atoms with E-state index in [-0.39, 0.29) is 6.03 Å². The lowest BCUT2D eigenvalue weighted by Crippen LogP contribution is -2.46. The Kier molecular flexibility index (Phi) is 6.87. The van der Waals surface area contributed by atoms with Gasteiger partial charge in [-0.05, 0) is 61.5 Å². The highest BCUT2D eigenvalue weighted by molar-refractivity contribution is 7.98. The van der Waals surface area contributed by atoms with Crippen LogP contribution in [0.5, 0.6) is 0 Å². The van der Waals surface area contributed by atoms with E-state index >= 15 is 0 Å². The normalized spacial score (nSPS) is 25.3. The minimum absolute atomic E-state index is 0.0434. The highest BCUT2D eigenvalue weighted by atomic mass is 32.2. The molecule has 2 aliphatic rings. The quantitative estimate of drug-likeness (QED) is 0.779. The van der Waals surface area contributed by atoms with Gasteiger partial charge in [0.1, 0.15) is 0 Å². The summed E-state index contributed by atoms with van der Waals surface area (Å²) < 4.78 is 0. The number of nitrogens with zero attached hydrogens (tertiary/aromatic N) is 2. The molecule has 0 radical (unpaired) electrons. The highest BCUT2D eigenvalue weighted by Crippen LogP contribution is 2.25. The van der Waals surface area contributed by atoms with E-state index in [0.717, 1.165) is 49.4 Å². The minimum atomic E-state index is 0.0434. The molecular formula is C21H33N3OS. The molecule has 0 spiro atoms. The molecule has 0 unspecified atom stereocenters. The Morgan fingerprint density at radius 2 is 1.88 bits per heavy atom. The molecule has 0 saturated carbocycles. The summed E-state index contributed by atoms with van der Waals surface area (Å²) in [5.74, 6) is 2.37. The van der Waals surface area contributed by atoms with Crippen LogP contribution in [0.1, 0.15) is 33.1 Å². The lowest BCUT2D eigenvalue weighted by molar-refractivity contribution is 0.101. The maximum Gasteiger partial charge on any atom is 0.321 e. The van der Waals surface area contributed by atoms with Crippen LogP contribution in [0.3, 0.4) is 0 Å². The Hall–Kier alpha value is -1.20. The second-order valence-corrected chi connectivity index (χ2v) is 9.14. The van der Waals surface area contributed by atoms with E-state index in [9.17, 15) is 4.79 Å². The molecule has 2 heterocycles. The monoisotopic (exact) mass is 375 g/mol. The van der Waals surface area contributed by atoms with Crippen molar-refractivity contribution in [2.24, 2.45) is 17.8 Å². The molecule has 144 valence electrons. The maximum atomic E-state index is 12.5. The van der Waals surface area contributed by atoms with E-state index in [1.165, 1.54) is 31.0 Å². The third-order valence-electron chi connectivity index (χ3n) is 5.68. The van der Waals surface area contributed by atoms with Crippen molar-refractivity contribution >= 4 is 23.5 Å². The van der Waals surface area contributed by atoms with E-state index in [2.05, 4.69) is 36.4 Å². The van der Waals surface area contributed by atoms with Gasteiger partial charge in [0.2, 0.25) is 0 Å². The molecule has 0 bridgehead atoms. The lowest BCUT2D eigenvalue weighted by atomic mass is 9.89. The van der Waals surface area contributed by atoms with Gasteiger partial charge in [-0.25, -0.2) is 4.79 Å². The number of rotatable bonds is 4. The molecule has 26 heavy (non-hydrogen) atoms. The first-order chi connectivity index (χ1) is 12.5. The van der Waals surface area contributed by atoms with Crippen LogP contribution in [0, 0.1) is 17.8 Å². The number of urea groups is 1.